The van der Waals surface area contributed by atoms with E-state index < -0.39 is 0 Å². The van der Waals surface area contributed by atoms with Crippen molar-refractivity contribution in [3.63, 3.8) is 0 Å². The monoisotopic (exact) mass is 387 g/mol. The van der Waals surface area contributed by atoms with Gasteiger partial charge >= 0.3 is 0 Å². The first-order valence-electron chi connectivity index (χ1n) is 7.62. The minimum absolute atomic E-state index is 0. The molecule has 0 bridgehead atoms. The molecule has 1 aromatic heterocycles. The summed E-state index contributed by atoms with van der Waals surface area (Å²) in [6.45, 7) is 5.53. The van der Waals surface area contributed by atoms with Gasteiger partial charge < -0.3 is 10.6 Å². The molecule has 1 aromatic carbocycles. The second-order valence-electron chi connectivity index (χ2n) is 6.05. The zero-order valence-electron chi connectivity index (χ0n) is 13.8. The number of rotatable bonds is 3. The lowest BCUT2D eigenvalue weighted by Crippen LogP contribution is -2.34. The van der Waals surface area contributed by atoms with E-state index in [2.05, 4.69) is 31.0 Å². The summed E-state index contributed by atoms with van der Waals surface area (Å²) < 4.78 is 0. The number of aryl methyl sites for hydroxylation is 1. The van der Waals surface area contributed by atoms with E-state index in [4.69, 9.17) is 5.73 Å². The molecule has 2 aromatic rings. The van der Waals surface area contributed by atoms with E-state index in [0.717, 1.165) is 23.5 Å². The maximum absolute atomic E-state index is 12.6. The first-order chi connectivity index (χ1) is 10.6. The van der Waals surface area contributed by atoms with Crippen molar-refractivity contribution in [3.05, 3.63) is 40.9 Å². The molecule has 132 valence electrons. The third kappa shape index (κ3) is 4.28. The third-order valence-corrected chi connectivity index (χ3v) is 5.17. The van der Waals surface area contributed by atoms with E-state index in [1.807, 2.05) is 22.4 Å². The minimum atomic E-state index is 0. The van der Waals surface area contributed by atoms with Crippen molar-refractivity contribution in [1.82, 2.24) is 9.88 Å². The van der Waals surface area contributed by atoms with Crippen molar-refractivity contribution in [2.75, 3.05) is 13.1 Å². The average molecular weight is 388 g/mol. The van der Waals surface area contributed by atoms with Crippen LogP contribution in [0.15, 0.2) is 29.6 Å². The predicted octanol–water partition coefficient (Wildman–Crippen LogP) is 3.77. The first kappa shape index (κ1) is 20.9. The summed E-state index contributed by atoms with van der Waals surface area (Å²) >= 11 is 1.52. The lowest BCUT2D eigenvalue weighted by Gasteiger charge is -2.20. The van der Waals surface area contributed by atoms with Crippen LogP contribution in [-0.2, 0) is 0 Å². The van der Waals surface area contributed by atoms with Crippen molar-refractivity contribution in [2.24, 2.45) is 11.7 Å². The summed E-state index contributed by atoms with van der Waals surface area (Å²) in [5.74, 6) is 0.437. The van der Waals surface area contributed by atoms with Crippen molar-refractivity contribution < 1.29 is 4.79 Å². The standard InChI is InChI=1S/C17H21N3OS.2ClH/c1-11-3-5-14(6-4-11)16-19-15(10-22-16)17(21)20-9-13(8-18)7-12(20)2;;/h3-6,10,12-13H,7-9,18H2,1-2H3;2*1H. The Morgan fingerprint density at radius 1 is 1.33 bits per heavy atom. The molecule has 0 aliphatic carbocycles. The zero-order valence-corrected chi connectivity index (χ0v) is 16.2. The normalized spacial score (nSPS) is 19.5. The molecule has 0 spiro atoms. The number of carbonyl (C=O) groups excluding carboxylic acids is 1. The highest BCUT2D eigenvalue weighted by molar-refractivity contribution is 7.13. The lowest BCUT2D eigenvalue weighted by atomic mass is 10.1. The van der Waals surface area contributed by atoms with Gasteiger partial charge in [-0.05, 0) is 32.7 Å². The number of benzene rings is 1. The Morgan fingerprint density at radius 3 is 2.58 bits per heavy atom. The van der Waals surface area contributed by atoms with Crippen molar-refractivity contribution in [3.8, 4) is 10.6 Å². The number of nitrogens with zero attached hydrogens (tertiary/aromatic N) is 2. The molecule has 2 unspecified atom stereocenters. The second kappa shape index (κ2) is 8.81. The van der Waals surface area contributed by atoms with E-state index in [9.17, 15) is 4.79 Å². The van der Waals surface area contributed by atoms with E-state index in [0.29, 0.717) is 18.2 Å². The first-order valence-corrected chi connectivity index (χ1v) is 8.50. The number of thiazole rings is 1. The summed E-state index contributed by atoms with van der Waals surface area (Å²) in [5, 5.41) is 2.76. The van der Waals surface area contributed by atoms with Gasteiger partial charge in [-0.3, -0.25) is 4.79 Å². The fourth-order valence-electron chi connectivity index (χ4n) is 2.94. The summed E-state index contributed by atoms with van der Waals surface area (Å²) in [7, 11) is 0. The smallest absolute Gasteiger partial charge is 0.273 e. The van der Waals surface area contributed by atoms with Crippen LogP contribution in [0, 0.1) is 12.8 Å². The number of hydrogen-bond donors (Lipinski definition) is 1. The van der Waals surface area contributed by atoms with Crippen LogP contribution in [0.4, 0.5) is 0 Å². The molecule has 1 saturated heterocycles. The second-order valence-corrected chi connectivity index (χ2v) is 6.91. The van der Waals surface area contributed by atoms with Crippen molar-refractivity contribution >= 4 is 42.1 Å². The number of halogens is 2. The van der Waals surface area contributed by atoms with Crippen LogP contribution in [0.2, 0.25) is 0 Å². The number of likely N-dealkylation sites (tertiary alicyclic amines) is 1. The zero-order chi connectivity index (χ0) is 15.7. The Balaban J connectivity index is 0.00000144. The summed E-state index contributed by atoms with van der Waals surface area (Å²) in [4.78, 5) is 19.1. The molecule has 2 N–H and O–H groups in total. The number of aromatic nitrogens is 1. The van der Waals surface area contributed by atoms with Gasteiger partial charge in [0.2, 0.25) is 0 Å². The number of hydrogen-bond acceptors (Lipinski definition) is 4. The molecular weight excluding hydrogens is 365 g/mol. The van der Waals surface area contributed by atoms with Crippen LogP contribution < -0.4 is 5.73 Å². The predicted molar refractivity (Wildman–Crippen MR) is 104 cm³/mol. The molecular formula is C17H23Cl2N3OS. The minimum Gasteiger partial charge on any atom is -0.334 e. The average Bonchev–Trinajstić information content (AvgIpc) is 3.14. The molecule has 24 heavy (non-hydrogen) atoms. The number of carbonyl (C=O) groups is 1. The summed E-state index contributed by atoms with van der Waals surface area (Å²) in [6, 6.07) is 8.46. The molecule has 2 heterocycles. The van der Waals surface area contributed by atoms with E-state index >= 15 is 0 Å². The van der Waals surface area contributed by atoms with Crippen LogP contribution >= 0.6 is 36.2 Å². The maximum atomic E-state index is 12.6. The maximum Gasteiger partial charge on any atom is 0.273 e. The summed E-state index contributed by atoms with van der Waals surface area (Å²) in [6.07, 6.45) is 0.983. The molecule has 0 radical (unpaired) electrons. The molecule has 1 amide bonds. The van der Waals surface area contributed by atoms with Crippen LogP contribution in [0.5, 0.6) is 0 Å². The number of nitrogens with two attached hydrogens (primary N) is 1. The van der Waals surface area contributed by atoms with Gasteiger partial charge in [0.25, 0.3) is 5.91 Å². The Kier molecular flexibility index (Phi) is 7.67. The molecule has 3 rings (SSSR count). The van der Waals surface area contributed by atoms with E-state index in [-0.39, 0.29) is 36.8 Å². The SMILES string of the molecule is Cc1ccc(-c2nc(C(=O)N3CC(CN)CC3C)cs2)cc1.Cl.Cl. The molecule has 2 atom stereocenters. The third-order valence-electron chi connectivity index (χ3n) is 4.28. The topological polar surface area (TPSA) is 59.2 Å². The van der Waals surface area contributed by atoms with Crippen LogP contribution in [0.25, 0.3) is 10.6 Å². The van der Waals surface area contributed by atoms with Crippen LogP contribution in [0.1, 0.15) is 29.4 Å². The van der Waals surface area contributed by atoms with Gasteiger partial charge in [0.1, 0.15) is 10.7 Å². The summed E-state index contributed by atoms with van der Waals surface area (Å²) in [5.41, 5.74) is 8.56. The molecule has 1 aliphatic heterocycles. The van der Waals surface area contributed by atoms with Gasteiger partial charge in [0.05, 0.1) is 0 Å². The molecule has 0 saturated carbocycles. The Bertz CT molecular complexity index is 675. The fourth-order valence-corrected chi connectivity index (χ4v) is 3.74. The molecule has 4 nitrogen and oxygen atoms in total. The van der Waals surface area contributed by atoms with Gasteiger partial charge in [-0.25, -0.2) is 4.98 Å². The highest BCUT2D eigenvalue weighted by atomic mass is 35.5. The van der Waals surface area contributed by atoms with Gasteiger partial charge in [0.15, 0.2) is 0 Å². The highest BCUT2D eigenvalue weighted by Crippen LogP contribution is 2.27. The largest absolute Gasteiger partial charge is 0.334 e. The fraction of sp³-hybridized carbons (Fsp3) is 0.412. The van der Waals surface area contributed by atoms with E-state index in [1.165, 1.54) is 16.9 Å². The Morgan fingerprint density at radius 2 is 2.00 bits per heavy atom. The quantitative estimate of drug-likeness (QED) is 0.871. The molecule has 1 aliphatic rings. The van der Waals surface area contributed by atoms with E-state index in [1.54, 1.807) is 0 Å². The molecule has 1 fully saturated rings. The van der Waals surface area contributed by atoms with Gasteiger partial charge in [-0.15, -0.1) is 36.2 Å². The van der Waals surface area contributed by atoms with Crippen molar-refractivity contribution in [1.29, 1.82) is 0 Å². The van der Waals surface area contributed by atoms with Gasteiger partial charge in [-0.2, -0.15) is 0 Å². The Labute approximate surface area is 159 Å². The Hall–Kier alpha value is -1.14. The van der Waals surface area contributed by atoms with Gasteiger partial charge in [0, 0.05) is 23.5 Å². The highest BCUT2D eigenvalue weighted by Gasteiger charge is 2.33. The van der Waals surface area contributed by atoms with Crippen molar-refractivity contribution in [2.45, 2.75) is 26.3 Å². The number of amides is 1. The molecule has 7 heteroatoms. The lowest BCUT2D eigenvalue weighted by molar-refractivity contribution is 0.0738. The van der Waals surface area contributed by atoms with Crippen LogP contribution in [0.3, 0.4) is 0 Å². The van der Waals surface area contributed by atoms with Crippen LogP contribution in [-0.4, -0.2) is 34.9 Å². The van der Waals surface area contributed by atoms with Gasteiger partial charge in [-0.1, -0.05) is 29.8 Å².